The van der Waals surface area contributed by atoms with Crippen LogP contribution in [0.1, 0.15) is 39.5 Å². The Morgan fingerprint density at radius 3 is 2.76 bits per heavy atom. The molecule has 1 saturated heterocycles. The molecular weight excluding hydrogens is 218 g/mol. The van der Waals surface area contributed by atoms with Crippen molar-refractivity contribution in [1.82, 2.24) is 4.90 Å². The normalized spacial score (nSPS) is 25.3. The Balaban J connectivity index is 2.63. The van der Waals surface area contributed by atoms with Crippen molar-refractivity contribution in [3.63, 3.8) is 0 Å². The monoisotopic (exact) mass is 243 g/mol. The van der Waals surface area contributed by atoms with Crippen LogP contribution in [0.3, 0.4) is 0 Å². The number of hydrogen-bond acceptors (Lipinski definition) is 4. The number of rotatable bonds is 5. The third-order valence-electron chi connectivity index (χ3n) is 3.95. The van der Waals surface area contributed by atoms with E-state index in [-0.39, 0.29) is 24.5 Å². The van der Waals surface area contributed by atoms with Crippen LogP contribution in [0.25, 0.3) is 0 Å². The van der Waals surface area contributed by atoms with Crippen molar-refractivity contribution in [2.24, 2.45) is 5.92 Å². The van der Waals surface area contributed by atoms with Gasteiger partial charge in [0.2, 0.25) is 0 Å². The van der Waals surface area contributed by atoms with Gasteiger partial charge in [-0.05, 0) is 32.7 Å². The molecule has 0 amide bonds. The summed E-state index contributed by atoms with van der Waals surface area (Å²) in [5, 5.41) is 9.09. The second-order valence-corrected chi connectivity index (χ2v) is 4.95. The smallest absolute Gasteiger partial charge is 0.309 e. The number of carbonyl (C=O) groups is 1. The molecule has 0 aromatic carbocycles. The second kappa shape index (κ2) is 6.97. The van der Waals surface area contributed by atoms with E-state index in [4.69, 9.17) is 9.84 Å². The number of methoxy groups -OCH3 is 1. The number of esters is 1. The molecule has 3 unspecified atom stereocenters. The van der Waals surface area contributed by atoms with Crippen molar-refractivity contribution in [3.8, 4) is 0 Å². The van der Waals surface area contributed by atoms with Gasteiger partial charge in [0.1, 0.15) is 0 Å². The van der Waals surface area contributed by atoms with Gasteiger partial charge >= 0.3 is 5.97 Å². The number of carbonyl (C=O) groups excluding carboxylic acids is 1. The average molecular weight is 243 g/mol. The Kier molecular flexibility index (Phi) is 5.92. The lowest BCUT2D eigenvalue weighted by Crippen LogP contribution is -2.49. The molecule has 1 rings (SSSR count). The molecule has 100 valence electrons. The SMILES string of the molecule is COC(=O)C(C)C(C)N1CCCCC1CCO. The van der Waals surface area contributed by atoms with E-state index in [0.717, 1.165) is 19.4 Å². The van der Waals surface area contributed by atoms with Crippen LogP contribution in [-0.4, -0.2) is 48.3 Å². The molecular formula is C13H25NO3. The van der Waals surface area contributed by atoms with Crippen LogP contribution in [0.2, 0.25) is 0 Å². The molecule has 1 aliphatic heterocycles. The Bertz CT molecular complexity index is 243. The molecule has 1 aliphatic rings. The molecule has 0 saturated carbocycles. The van der Waals surface area contributed by atoms with E-state index in [1.165, 1.54) is 20.0 Å². The van der Waals surface area contributed by atoms with Crippen molar-refractivity contribution in [3.05, 3.63) is 0 Å². The number of aliphatic hydroxyl groups excluding tert-OH is 1. The fourth-order valence-electron chi connectivity index (χ4n) is 2.69. The van der Waals surface area contributed by atoms with Gasteiger partial charge in [0.25, 0.3) is 0 Å². The van der Waals surface area contributed by atoms with E-state index in [1.807, 2.05) is 6.92 Å². The molecule has 0 aliphatic carbocycles. The number of aliphatic hydroxyl groups is 1. The fourth-order valence-corrected chi connectivity index (χ4v) is 2.69. The number of nitrogens with zero attached hydrogens (tertiary/aromatic N) is 1. The summed E-state index contributed by atoms with van der Waals surface area (Å²) < 4.78 is 4.80. The molecule has 0 aromatic heterocycles. The summed E-state index contributed by atoms with van der Waals surface area (Å²) in [6.45, 7) is 5.24. The van der Waals surface area contributed by atoms with Gasteiger partial charge < -0.3 is 9.84 Å². The van der Waals surface area contributed by atoms with Crippen LogP contribution in [0.5, 0.6) is 0 Å². The van der Waals surface area contributed by atoms with Crippen LogP contribution < -0.4 is 0 Å². The lowest BCUT2D eigenvalue weighted by molar-refractivity contribution is -0.147. The zero-order valence-corrected chi connectivity index (χ0v) is 11.2. The Morgan fingerprint density at radius 1 is 1.47 bits per heavy atom. The Labute approximate surface area is 104 Å². The van der Waals surface area contributed by atoms with Gasteiger partial charge in [0.05, 0.1) is 13.0 Å². The van der Waals surface area contributed by atoms with Crippen molar-refractivity contribution in [2.75, 3.05) is 20.3 Å². The second-order valence-electron chi connectivity index (χ2n) is 4.95. The van der Waals surface area contributed by atoms with Gasteiger partial charge in [-0.3, -0.25) is 9.69 Å². The standard InChI is InChI=1S/C13H25NO3/c1-10(13(16)17-3)11(2)14-8-5-4-6-12(14)7-9-15/h10-12,15H,4-9H2,1-3H3. The van der Waals surface area contributed by atoms with Gasteiger partial charge in [-0.25, -0.2) is 0 Å². The molecule has 0 bridgehead atoms. The highest BCUT2D eigenvalue weighted by atomic mass is 16.5. The van der Waals surface area contributed by atoms with Crippen molar-refractivity contribution >= 4 is 5.97 Å². The molecule has 3 atom stereocenters. The summed E-state index contributed by atoms with van der Waals surface area (Å²) in [4.78, 5) is 13.9. The van der Waals surface area contributed by atoms with E-state index < -0.39 is 0 Å². The molecule has 17 heavy (non-hydrogen) atoms. The van der Waals surface area contributed by atoms with Crippen molar-refractivity contribution in [2.45, 2.75) is 51.6 Å². The minimum Gasteiger partial charge on any atom is -0.469 e. The molecule has 0 spiro atoms. The molecule has 0 aromatic rings. The van der Waals surface area contributed by atoms with Gasteiger partial charge in [-0.15, -0.1) is 0 Å². The number of piperidine rings is 1. The maximum Gasteiger partial charge on any atom is 0.309 e. The predicted molar refractivity (Wildman–Crippen MR) is 66.7 cm³/mol. The van der Waals surface area contributed by atoms with E-state index in [1.54, 1.807) is 0 Å². The average Bonchev–Trinajstić information content (AvgIpc) is 2.37. The maximum atomic E-state index is 11.6. The largest absolute Gasteiger partial charge is 0.469 e. The summed E-state index contributed by atoms with van der Waals surface area (Å²) in [5.74, 6) is -0.259. The first-order chi connectivity index (χ1) is 8.11. The number of hydrogen-bond donors (Lipinski definition) is 1. The highest BCUT2D eigenvalue weighted by molar-refractivity contribution is 5.72. The molecule has 0 radical (unpaired) electrons. The first-order valence-corrected chi connectivity index (χ1v) is 6.56. The van der Waals surface area contributed by atoms with Crippen LogP contribution in [0.15, 0.2) is 0 Å². The first kappa shape index (κ1) is 14.5. The number of ether oxygens (including phenoxy) is 1. The number of likely N-dealkylation sites (tertiary alicyclic amines) is 1. The predicted octanol–water partition coefficient (Wildman–Crippen LogP) is 1.42. The minimum absolute atomic E-state index is 0.112. The van der Waals surface area contributed by atoms with Crippen LogP contribution >= 0.6 is 0 Å². The highest BCUT2D eigenvalue weighted by Crippen LogP contribution is 2.25. The Morgan fingerprint density at radius 2 is 2.18 bits per heavy atom. The van der Waals surface area contributed by atoms with Gasteiger partial charge in [0, 0.05) is 18.7 Å². The molecule has 4 nitrogen and oxygen atoms in total. The third kappa shape index (κ3) is 3.68. The van der Waals surface area contributed by atoms with Crippen LogP contribution in [0, 0.1) is 5.92 Å². The topological polar surface area (TPSA) is 49.8 Å². The minimum atomic E-state index is -0.147. The van der Waals surface area contributed by atoms with Crippen LogP contribution in [-0.2, 0) is 9.53 Å². The molecule has 1 N–H and O–H groups in total. The maximum absolute atomic E-state index is 11.6. The van der Waals surface area contributed by atoms with Crippen molar-refractivity contribution in [1.29, 1.82) is 0 Å². The van der Waals surface area contributed by atoms with Crippen LogP contribution in [0.4, 0.5) is 0 Å². The zero-order chi connectivity index (χ0) is 12.8. The van der Waals surface area contributed by atoms with Crippen molar-refractivity contribution < 1.29 is 14.6 Å². The molecule has 1 heterocycles. The van der Waals surface area contributed by atoms with E-state index in [0.29, 0.717) is 6.04 Å². The van der Waals surface area contributed by atoms with E-state index >= 15 is 0 Å². The highest BCUT2D eigenvalue weighted by Gasteiger charge is 2.32. The summed E-state index contributed by atoms with van der Waals surface area (Å²) in [5.41, 5.74) is 0. The zero-order valence-electron chi connectivity index (χ0n) is 11.2. The molecule has 1 fully saturated rings. The summed E-state index contributed by atoms with van der Waals surface area (Å²) in [6.07, 6.45) is 4.33. The fraction of sp³-hybridized carbons (Fsp3) is 0.923. The van der Waals surface area contributed by atoms with E-state index in [2.05, 4.69) is 11.8 Å². The van der Waals surface area contributed by atoms with Gasteiger partial charge in [0.15, 0.2) is 0 Å². The summed E-state index contributed by atoms with van der Waals surface area (Å²) in [7, 11) is 1.44. The lowest BCUT2D eigenvalue weighted by Gasteiger charge is -2.41. The van der Waals surface area contributed by atoms with Gasteiger partial charge in [-0.2, -0.15) is 0 Å². The third-order valence-corrected chi connectivity index (χ3v) is 3.95. The molecule has 4 heteroatoms. The summed E-state index contributed by atoms with van der Waals surface area (Å²) in [6, 6.07) is 0.593. The quantitative estimate of drug-likeness (QED) is 0.742. The first-order valence-electron chi connectivity index (χ1n) is 6.56. The van der Waals surface area contributed by atoms with E-state index in [9.17, 15) is 4.79 Å². The lowest BCUT2D eigenvalue weighted by atomic mass is 9.93. The summed E-state index contributed by atoms with van der Waals surface area (Å²) >= 11 is 0. The Hall–Kier alpha value is -0.610. The van der Waals surface area contributed by atoms with Gasteiger partial charge in [-0.1, -0.05) is 13.3 Å².